The number of nitrogens with zero attached hydrogens (tertiary/aromatic N) is 2. The summed E-state index contributed by atoms with van der Waals surface area (Å²) in [5, 5.41) is 3.10. The Bertz CT molecular complexity index is 726. The lowest BCUT2D eigenvalue weighted by atomic mass is 10.1. The van der Waals surface area contributed by atoms with Gasteiger partial charge in [0.2, 0.25) is 0 Å². The van der Waals surface area contributed by atoms with E-state index >= 15 is 0 Å². The van der Waals surface area contributed by atoms with Crippen LogP contribution in [0.15, 0.2) is 23.6 Å². The highest BCUT2D eigenvalue weighted by molar-refractivity contribution is 7.09. The summed E-state index contributed by atoms with van der Waals surface area (Å²) in [6.45, 7) is 6.91. The van der Waals surface area contributed by atoms with E-state index in [9.17, 15) is 4.79 Å². The van der Waals surface area contributed by atoms with Gasteiger partial charge >= 0.3 is 0 Å². The van der Waals surface area contributed by atoms with E-state index in [-0.39, 0.29) is 12.0 Å². The summed E-state index contributed by atoms with van der Waals surface area (Å²) in [4.78, 5) is 19.2. The first kappa shape index (κ1) is 17.0. The third kappa shape index (κ3) is 3.31. The molecule has 0 spiro atoms. The van der Waals surface area contributed by atoms with Crippen molar-refractivity contribution in [2.45, 2.75) is 52.6 Å². The largest absolute Gasteiger partial charge is 0.478 e. The van der Waals surface area contributed by atoms with Crippen LogP contribution in [0.2, 0.25) is 0 Å². The van der Waals surface area contributed by atoms with Crippen LogP contribution in [0.1, 0.15) is 44.5 Å². The first-order chi connectivity index (χ1) is 11.6. The quantitative estimate of drug-likeness (QED) is 0.706. The van der Waals surface area contributed by atoms with E-state index in [1.807, 2.05) is 36.9 Å². The highest BCUT2D eigenvalue weighted by Crippen LogP contribution is 2.38. The van der Waals surface area contributed by atoms with Crippen molar-refractivity contribution >= 4 is 22.9 Å². The fourth-order valence-electron chi connectivity index (χ4n) is 2.99. The van der Waals surface area contributed by atoms with Crippen LogP contribution in [0.4, 0.5) is 5.69 Å². The highest BCUT2D eigenvalue weighted by Gasteiger charge is 2.33. The molecule has 1 aliphatic rings. The predicted octanol–water partition coefficient (Wildman–Crippen LogP) is 4.81. The molecular formula is C19H24N2O2S. The number of aryl methyl sites for hydroxylation is 1. The maximum absolute atomic E-state index is 12.8. The van der Waals surface area contributed by atoms with Crippen LogP contribution in [0.25, 0.3) is 11.3 Å². The molecule has 0 saturated carbocycles. The smallest absolute Gasteiger partial charge is 0.268 e. The first-order valence-corrected chi connectivity index (χ1v) is 9.56. The van der Waals surface area contributed by atoms with Crippen molar-refractivity contribution in [3.63, 3.8) is 0 Å². The number of aromatic nitrogens is 1. The van der Waals surface area contributed by atoms with Gasteiger partial charge in [-0.25, -0.2) is 4.98 Å². The monoisotopic (exact) mass is 344 g/mol. The Balaban J connectivity index is 1.96. The summed E-state index contributed by atoms with van der Waals surface area (Å²) in [5.74, 6) is 0.876. The van der Waals surface area contributed by atoms with Crippen LogP contribution in [-0.4, -0.2) is 23.5 Å². The molecule has 2 heterocycles. The topological polar surface area (TPSA) is 42.4 Å². The average molecular weight is 344 g/mol. The maximum Gasteiger partial charge on any atom is 0.268 e. The number of anilines is 1. The van der Waals surface area contributed by atoms with Crippen molar-refractivity contribution in [3.05, 3.63) is 28.6 Å². The zero-order valence-electron chi connectivity index (χ0n) is 14.5. The van der Waals surface area contributed by atoms with Gasteiger partial charge in [0.1, 0.15) is 5.75 Å². The van der Waals surface area contributed by atoms with E-state index in [2.05, 4.69) is 17.3 Å². The molecule has 1 aromatic carbocycles. The van der Waals surface area contributed by atoms with Gasteiger partial charge in [0, 0.05) is 17.5 Å². The standard InChI is InChI=1S/C19H24N2O2S/c1-4-6-7-10-21-16-11-14(15-12-24-13(3)20-15)8-9-18(16)23-17(5-2)19(21)22/h8-9,11-12,17H,4-7,10H2,1-3H3. The van der Waals surface area contributed by atoms with Gasteiger partial charge in [-0.3, -0.25) is 4.79 Å². The minimum atomic E-state index is -0.369. The second-order valence-corrected chi connectivity index (χ2v) is 7.21. The van der Waals surface area contributed by atoms with Crippen LogP contribution in [0.3, 0.4) is 0 Å². The number of rotatable bonds is 6. The number of hydrogen-bond donors (Lipinski definition) is 0. The second kappa shape index (κ2) is 7.34. The number of benzene rings is 1. The Labute approximate surface area is 147 Å². The van der Waals surface area contributed by atoms with Gasteiger partial charge in [0.25, 0.3) is 5.91 Å². The van der Waals surface area contributed by atoms with Crippen molar-refractivity contribution in [1.29, 1.82) is 0 Å². The summed E-state index contributed by atoms with van der Waals surface area (Å²) in [7, 11) is 0. The molecule has 0 saturated heterocycles. The van der Waals surface area contributed by atoms with Gasteiger partial charge in [-0.05, 0) is 38.0 Å². The Kier molecular flexibility index (Phi) is 5.19. The van der Waals surface area contributed by atoms with Gasteiger partial charge in [0.15, 0.2) is 6.10 Å². The Morgan fingerprint density at radius 3 is 2.79 bits per heavy atom. The summed E-state index contributed by atoms with van der Waals surface area (Å²) in [5.41, 5.74) is 2.87. The number of thiazole rings is 1. The lowest BCUT2D eigenvalue weighted by Crippen LogP contribution is -2.46. The number of unbranched alkanes of at least 4 members (excludes halogenated alkanes) is 2. The lowest BCUT2D eigenvalue weighted by molar-refractivity contribution is -0.126. The number of fused-ring (bicyclic) bond motifs is 1. The van der Waals surface area contributed by atoms with Crippen molar-refractivity contribution in [3.8, 4) is 17.0 Å². The average Bonchev–Trinajstić information content (AvgIpc) is 3.02. The third-order valence-corrected chi connectivity index (χ3v) is 5.10. The molecule has 0 aliphatic carbocycles. The number of amides is 1. The fraction of sp³-hybridized carbons (Fsp3) is 0.474. The molecule has 1 atom stereocenters. The SMILES string of the molecule is CCCCCN1C(=O)C(CC)Oc2ccc(-c3csc(C)n3)cc21. The number of carbonyl (C=O) groups is 1. The molecule has 3 rings (SSSR count). The summed E-state index contributed by atoms with van der Waals surface area (Å²) < 4.78 is 5.92. The third-order valence-electron chi connectivity index (χ3n) is 4.33. The van der Waals surface area contributed by atoms with Crippen molar-refractivity contribution in [1.82, 2.24) is 4.98 Å². The van der Waals surface area contributed by atoms with E-state index in [1.54, 1.807) is 11.3 Å². The molecule has 0 bridgehead atoms. The van der Waals surface area contributed by atoms with Gasteiger partial charge < -0.3 is 9.64 Å². The summed E-state index contributed by atoms with van der Waals surface area (Å²) >= 11 is 1.64. The lowest BCUT2D eigenvalue weighted by Gasteiger charge is -2.34. The van der Waals surface area contributed by atoms with E-state index in [0.29, 0.717) is 6.42 Å². The minimum absolute atomic E-state index is 0.0766. The van der Waals surface area contributed by atoms with Crippen LogP contribution in [0.5, 0.6) is 5.75 Å². The fourth-order valence-corrected chi connectivity index (χ4v) is 3.61. The first-order valence-electron chi connectivity index (χ1n) is 8.68. The molecule has 0 radical (unpaired) electrons. The summed E-state index contributed by atoms with van der Waals surface area (Å²) in [6.07, 6.45) is 3.60. The van der Waals surface area contributed by atoms with Crippen LogP contribution >= 0.6 is 11.3 Å². The van der Waals surface area contributed by atoms with Crippen molar-refractivity contribution < 1.29 is 9.53 Å². The molecule has 0 N–H and O–H groups in total. The van der Waals surface area contributed by atoms with Crippen molar-refractivity contribution in [2.75, 3.05) is 11.4 Å². The zero-order valence-corrected chi connectivity index (χ0v) is 15.4. The van der Waals surface area contributed by atoms with Crippen molar-refractivity contribution in [2.24, 2.45) is 0 Å². The van der Waals surface area contributed by atoms with Crippen LogP contribution in [0, 0.1) is 6.92 Å². The van der Waals surface area contributed by atoms with Crippen LogP contribution in [-0.2, 0) is 4.79 Å². The number of carbonyl (C=O) groups excluding carboxylic acids is 1. The van der Waals surface area contributed by atoms with Gasteiger partial charge in [-0.1, -0.05) is 26.7 Å². The summed E-state index contributed by atoms with van der Waals surface area (Å²) in [6, 6.07) is 6.04. The molecule has 24 heavy (non-hydrogen) atoms. The normalized spacial score (nSPS) is 16.9. The molecule has 5 heteroatoms. The molecule has 1 aliphatic heterocycles. The molecule has 1 amide bonds. The minimum Gasteiger partial charge on any atom is -0.478 e. The van der Waals surface area contributed by atoms with Crippen LogP contribution < -0.4 is 9.64 Å². The van der Waals surface area contributed by atoms with Gasteiger partial charge in [-0.2, -0.15) is 0 Å². The van der Waals surface area contributed by atoms with E-state index in [1.165, 1.54) is 0 Å². The second-order valence-electron chi connectivity index (χ2n) is 6.15. The van der Waals surface area contributed by atoms with Gasteiger partial charge in [0.05, 0.1) is 16.4 Å². The van der Waals surface area contributed by atoms with E-state index in [4.69, 9.17) is 4.74 Å². The maximum atomic E-state index is 12.8. The molecule has 0 fully saturated rings. The highest BCUT2D eigenvalue weighted by atomic mass is 32.1. The Hall–Kier alpha value is -1.88. The number of ether oxygens (including phenoxy) is 1. The number of hydrogen-bond acceptors (Lipinski definition) is 4. The molecule has 128 valence electrons. The molecule has 1 aromatic heterocycles. The van der Waals surface area contributed by atoms with Gasteiger partial charge in [-0.15, -0.1) is 11.3 Å². The predicted molar refractivity (Wildman–Crippen MR) is 98.9 cm³/mol. The Morgan fingerprint density at radius 2 is 2.12 bits per heavy atom. The Morgan fingerprint density at radius 1 is 1.29 bits per heavy atom. The zero-order chi connectivity index (χ0) is 17.1. The molecule has 1 unspecified atom stereocenters. The molecular weight excluding hydrogens is 320 g/mol. The molecule has 4 nitrogen and oxygen atoms in total. The van der Waals surface area contributed by atoms with E-state index < -0.39 is 0 Å². The molecule has 2 aromatic rings. The van der Waals surface area contributed by atoms with E-state index in [0.717, 1.165) is 53.5 Å².